The molecule has 0 aromatic carbocycles. The molecular weight excluding hydrogens is 1710 g/mol. The van der Waals surface area contributed by atoms with Gasteiger partial charge in [0.15, 0.2) is 81.0 Å². The number of allylic oxidation sites excluding steroid dienone is 7. The van der Waals surface area contributed by atoms with Crippen molar-refractivity contribution in [1.29, 1.82) is 0 Å². The molecule has 5 aliphatic rings. The van der Waals surface area contributed by atoms with E-state index in [9.17, 15) is 9.59 Å². The summed E-state index contributed by atoms with van der Waals surface area (Å²) in [7, 11) is -6.23. The van der Waals surface area contributed by atoms with E-state index in [0.29, 0.717) is 44.3 Å². The van der Waals surface area contributed by atoms with Crippen LogP contribution < -0.4 is 0 Å². The first-order valence-electron chi connectivity index (χ1n) is 47.9. The van der Waals surface area contributed by atoms with E-state index in [1.165, 1.54) is 0 Å². The highest BCUT2D eigenvalue weighted by molar-refractivity contribution is 6.76. The molecule has 0 saturated carbocycles. The number of carbonyl (C=O) groups is 2. The number of ether oxygens (including phenoxy) is 15. The summed E-state index contributed by atoms with van der Waals surface area (Å²) in [6, 6.07) is 2.77. The molecule has 29 heteroatoms. The molecule has 0 unspecified atom stereocenters. The molecule has 127 heavy (non-hydrogen) atoms. The van der Waals surface area contributed by atoms with E-state index in [2.05, 4.69) is 269 Å². The predicted octanol–water partition coefficient (Wildman–Crippen LogP) is 23.6. The predicted molar refractivity (Wildman–Crippen MR) is 525 cm³/mol. The first kappa shape index (κ1) is 116. The van der Waals surface area contributed by atoms with Crippen molar-refractivity contribution in [2.75, 3.05) is 48.8 Å². The minimum atomic E-state index is -2.58. The Morgan fingerprint density at radius 1 is 0.575 bits per heavy atom. The maximum atomic E-state index is 14.4. The summed E-state index contributed by atoms with van der Waals surface area (Å²) in [6.45, 7) is 88.1. The Labute approximate surface area is 778 Å². The first-order valence-corrected chi connectivity index (χ1v) is 65.0. The minimum absolute atomic E-state index is 0.00658. The average molecular weight is 1900 g/mol. The van der Waals surface area contributed by atoms with Crippen LogP contribution in [0.3, 0.4) is 0 Å². The fraction of sp³-hybridized carbons (Fsp3) is 0.878. The van der Waals surface area contributed by atoms with Crippen LogP contribution in [-0.2, 0) is 102 Å². The lowest BCUT2D eigenvalue weighted by molar-refractivity contribution is -0.363. The Hall–Kier alpha value is -1.98. The molecule has 740 valence electrons. The largest absolute Gasteiger partial charge is 0.509 e. The van der Waals surface area contributed by atoms with Gasteiger partial charge in [-0.15, -0.1) is 0 Å². The van der Waals surface area contributed by atoms with Crippen LogP contribution in [0.25, 0.3) is 0 Å². The van der Waals surface area contributed by atoms with Crippen molar-refractivity contribution in [2.45, 2.75) is 489 Å². The zero-order chi connectivity index (χ0) is 97.1. The molecule has 0 bridgehead atoms. The van der Waals surface area contributed by atoms with Crippen LogP contribution >= 0.6 is 0 Å². The normalized spacial score (nSPS) is 31.6. The van der Waals surface area contributed by atoms with E-state index >= 15 is 0 Å². The molecule has 25 atom stereocenters. The molecule has 23 nitrogen and oxygen atoms in total. The first-order chi connectivity index (χ1) is 58.1. The Bertz CT molecular complexity index is 3570. The second kappa shape index (κ2) is 46.4. The van der Waals surface area contributed by atoms with Gasteiger partial charge in [-0.2, -0.15) is 0 Å². The van der Waals surface area contributed by atoms with E-state index < -0.39 is 178 Å². The summed E-state index contributed by atoms with van der Waals surface area (Å²) in [4.78, 5) is 27.1. The molecule has 5 fully saturated rings. The van der Waals surface area contributed by atoms with Gasteiger partial charge in [-0.05, 0) is 190 Å². The fourth-order valence-electron chi connectivity index (χ4n) is 17.2. The Balaban J connectivity index is 1.59. The van der Waals surface area contributed by atoms with Crippen molar-refractivity contribution < 1.29 is 107 Å². The third-order valence-electron chi connectivity index (χ3n) is 30.5. The van der Waals surface area contributed by atoms with Crippen LogP contribution in [0.4, 0.5) is 4.79 Å². The van der Waals surface area contributed by atoms with Gasteiger partial charge in [0.1, 0.15) is 24.4 Å². The van der Waals surface area contributed by atoms with Gasteiger partial charge in [0.25, 0.3) is 0 Å². The average Bonchev–Trinajstić information content (AvgIpc) is 1.71. The summed E-state index contributed by atoms with van der Waals surface area (Å²) >= 11 is 0. The van der Waals surface area contributed by atoms with E-state index in [-0.39, 0.29) is 74.3 Å². The van der Waals surface area contributed by atoms with Crippen LogP contribution in [0.15, 0.2) is 58.7 Å². The van der Waals surface area contributed by atoms with Crippen molar-refractivity contribution >= 4 is 62.0 Å². The van der Waals surface area contributed by atoms with E-state index in [0.717, 1.165) is 34.9 Å². The van der Waals surface area contributed by atoms with Crippen LogP contribution in [-0.4, -0.2) is 245 Å². The summed E-state index contributed by atoms with van der Waals surface area (Å²) in [6.07, 6.45) is 2.79. The second-order valence-electron chi connectivity index (χ2n) is 45.5. The summed E-state index contributed by atoms with van der Waals surface area (Å²) in [5.74, 6) is -2.95. The number of hydrogen-bond donors (Lipinski definition) is 0. The molecule has 0 aromatic rings. The number of esters is 1. The van der Waals surface area contributed by atoms with Crippen molar-refractivity contribution in [3.63, 3.8) is 0 Å². The zero-order valence-electron chi connectivity index (χ0n) is 88.4. The van der Waals surface area contributed by atoms with Crippen LogP contribution in [0.5, 0.6) is 0 Å². The van der Waals surface area contributed by atoms with Gasteiger partial charge >= 0.3 is 12.1 Å². The van der Waals surface area contributed by atoms with Crippen molar-refractivity contribution in [1.82, 2.24) is 0 Å². The van der Waals surface area contributed by atoms with Gasteiger partial charge in [0, 0.05) is 84.6 Å². The highest BCUT2D eigenvalue weighted by Gasteiger charge is 2.65. The molecule has 0 spiro atoms. The molecule has 5 saturated heterocycles. The number of cyclic esters (lactones) is 2. The number of hydrogen-bond acceptors (Lipinski definition) is 23. The van der Waals surface area contributed by atoms with Crippen molar-refractivity contribution in [2.24, 2.45) is 17.8 Å². The molecule has 5 rings (SSSR count). The molecule has 0 amide bonds. The monoisotopic (exact) mass is 1900 g/mol. The minimum Gasteiger partial charge on any atom is -0.463 e. The quantitative estimate of drug-likeness (QED) is 0.0239. The lowest BCUT2D eigenvalue weighted by Gasteiger charge is -2.55. The fourth-order valence-corrected chi connectivity index (χ4v) is 27.1. The smallest absolute Gasteiger partial charge is 0.463 e. The Morgan fingerprint density at radius 2 is 1.09 bits per heavy atom. The molecule has 0 aliphatic carbocycles. The highest BCUT2D eigenvalue weighted by Crippen LogP contribution is 2.53. The van der Waals surface area contributed by atoms with Gasteiger partial charge in [0.2, 0.25) is 5.79 Å². The lowest BCUT2D eigenvalue weighted by atomic mass is 9.76. The number of carbonyl (C=O) groups excluding carboxylic acids is 2. The standard InChI is InChI=1S/C98H186O23Si6/c1-46-106-89(99)67(9)57-65(7)55-64(6)56-66(8)74(111-90-86(120-126(44,45)96(27,28)29)85(84(104-34)71(13)109-90)119-125(42,43)95(24,25)26)54-53-63(5)51-50-52-75(116-122(36,37)92(15,16)17)77(102-32)59-79-88(114-91(100)112-79)98(105-35)69(11)82(117-123(38,39)93(18,19)20)68(10)76(115-98)58-73(62-101-31)110-81-61-97(30,121-127(47-2,48-3)49-4)87(72(14)108-81)113-80-60-78(103-33)83(70(12)107-80)118-124(40,41)94(21,22)23/h51,53-57,66,68-88,90H,46-50,52,58-62H2,1-45H3/b54-53+,63-51-,64-56+,65-55+,67-57+/t66-,68+,69-,70-,71+,72+,73-,74-,75+,76-,77+,78-,79+,80+,81+,82+,83-,84+,85-,86+,87+,88-,90+,97+,98-/m1/s1. The number of methoxy groups -OCH3 is 5. The van der Waals surface area contributed by atoms with Crippen LogP contribution in [0.1, 0.15) is 246 Å². The van der Waals surface area contributed by atoms with Gasteiger partial charge in [0.05, 0.1) is 86.0 Å². The summed E-state index contributed by atoms with van der Waals surface area (Å²) < 4.78 is 146. The van der Waals surface area contributed by atoms with E-state index in [1.807, 2.05) is 33.8 Å². The van der Waals surface area contributed by atoms with E-state index in [4.69, 9.17) is 97.6 Å². The van der Waals surface area contributed by atoms with Gasteiger partial charge in [-0.1, -0.05) is 192 Å². The third kappa shape index (κ3) is 29.8. The van der Waals surface area contributed by atoms with E-state index in [1.54, 1.807) is 42.5 Å². The van der Waals surface area contributed by atoms with Crippen LogP contribution in [0, 0.1) is 17.8 Å². The summed E-state index contributed by atoms with van der Waals surface area (Å²) in [5, 5.41) is -0.655. The molecule has 5 aliphatic heterocycles. The Kier molecular flexibility index (Phi) is 42.2. The van der Waals surface area contributed by atoms with Gasteiger partial charge in [-0.25, -0.2) is 9.59 Å². The van der Waals surface area contributed by atoms with Crippen molar-refractivity contribution in [3.8, 4) is 0 Å². The molecule has 0 aromatic heterocycles. The van der Waals surface area contributed by atoms with Gasteiger partial charge in [-0.3, -0.25) is 0 Å². The second-order valence-corrected chi connectivity index (χ2v) is 74.0. The summed E-state index contributed by atoms with van der Waals surface area (Å²) in [5.41, 5.74) is 2.54. The van der Waals surface area contributed by atoms with Crippen LogP contribution in [0.2, 0.25) is 109 Å². The lowest BCUT2D eigenvalue weighted by Crippen LogP contribution is -2.67. The molecular formula is C98H186O23Si6. The molecule has 0 radical (unpaired) electrons. The zero-order valence-corrected chi connectivity index (χ0v) is 94.4. The number of rotatable bonds is 44. The Morgan fingerprint density at radius 3 is 1.59 bits per heavy atom. The molecule has 5 heterocycles. The maximum absolute atomic E-state index is 14.4. The van der Waals surface area contributed by atoms with Crippen molar-refractivity contribution in [3.05, 3.63) is 58.7 Å². The third-order valence-corrected chi connectivity index (χ3v) is 57.7. The molecule has 0 N–H and O–H groups in total. The maximum Gasteiger partial charge on any atom is 0.509 e. The van der Waals surface area contributed by atoms with Gasteiger partial charge < -0.3 is 97.6 Å². The SMILES string of the molecule is CCOC(=O)/C(C)=C/C(C)=C/C(C)=C/[C@@H](C)[C@@H](/C=C/C(C)=C\CC[C@H](O[Si](C)(C)C(C)(C)C)[C@H](C[C@@H]1OC(=O)O[C@H]1[C@]1(OC)O[C@H](C[C@H](COC)O[C@H]2C[C@](C)(O[Si](CC)(CC)CC)[C@@H](O[C@H]3C[C@@H](OC)[C@H](O[Si](C)(C)C(C)(C)C)[C@@H](C)O3)[C@H](C)O2)[C@H](C)[C@H](O[Si](C)(C)C(C)(C)C)[C@H]1C)OC)O[C@@H]1O[C@@H](C)[C@H](OC)[C@@H](O[Si](C)(C)C(C)(C)C)[C@@H]1O[Si](C)(C)C(C)(C)C. The topological polar surface area (TPSA) is 228 Å². The highest BCUT2D eigenvalue weighted by atomic mass is 28.4.